The Hall–Kier alpha value is -3.49. The molecular weight excluding hydrogens is 544 g/mol. The van der Waals surface area contributed by atoms with Gasteiger partial charge in [0.25, 0.3) is 0 Å². The van der Waals surface area contributed by atoms with Gasteiger partial charge in [-0.25, -0.2) is 13.4 Å². The summed E-state index contributed by atoms with van der Waals surface area (Å²) in [4.78, 5) is 26.6. The molecule has 1 saturated carbocycles. The van der Waals surface area contributed by atoms with Gasteiger partial charge in [0.05, 0.1) is 28.2 Å². The number of carbonyl (C=O) groups excluding carboxylic acids is 1. The van der Waals surface area contributed by atoms with Crippen LogP contribution in [0.1, 0.15) is 56.1 Å². The summed E-state index contributed by atoms with van der Waals surface area (Å²) in [6.45, 7) is 2.40. The number of aromatic nitrogens is 2. The maximum Gasteiger partial charge on any atom is 0.237 e. The summed E-state index contributed by atoms with van der Waals surface area (Å²) in [5, 5.41) is 0.860. The number of H-pyrrole nitrogens is 1. The van der Waals surface area contributed by atoms with Crippen molar-refractivity contribution >= 4 is 32.5 Å². The van der Waals surface area contributed by atoms with Crippen molar-refractivity contribution in [3.63, 3.8) is 0 Å². The summed E-state index contributed by atoms with van der Waals surface area (Å²) in [6, 6.07) is 19.2. The van der Waals surface area contributed by atoms with E-state index in [0.717, 1.165) is 90.0 Å². The SMILES string of the molecule is CN1C(=O)C2(CCCCC2)c2c1cnc1[nH]c(-c3ccc(CN4CCC(S(C)(=O)=O)CC4)cc3)c(-c3ccccc3)c21. The van der Waals surface area contributed by atoms with Crippen LogP contribution >= 0.6 is 0 Å². The van der Waals surface area contributed by atoms with E-state index in [4.69, 9.17) is 4.98 Å². The summed E-state index contributed by atoms with van der Waals surface area (Å²) in [5.41, 5.74) is 7.96. The first-order valence-corrected chi connectivity index (χ1v) is 17.1. The molecule has 7 rings (SSSR count). The quantitative estimate of drug-likeness (QED) is 0.308. The summed E-state index contributed by atoms with van der Waals surface area (Å²) in [7, 11) is -1.07. The van der Waals surface area contributed by atoms with Crippen molar-refractivity contribution in [1.29, 1.82) is 0 Å². The van der Waals surface area contributed by atoms with Crippen LogP contribution in [-0.2, 0) is 26.6 Å². The highest BCUT2D eigenvalue weighted by atomic mass is 32.2. The topological polar surface area (TPSA) is 86.4 Å². The molecule has 218 valence electrons. The lowest BCUT2D eigenvalue weighted by atomic mass is 9.69. The van der Waals surface area contributed by atoms with Crippen molar-refractivity contribution in [2.45, 2.75) is 62.2 Å². The standard InChI is InChI=1S/C34H38N4O3S/c1-37-27-21-35-32-29(30(27)34(33(37)39)17-7-4-8-18-34)28(24-9-5-3-6-10-24)31(36-32)25-13-11-23(12-14-25)22-38-19-15-26(16-20-38)42(2,40)41/h3,5-6,9-14,21,26H,4,7-8,15-20,22H2,1-2H3,(H,35,36). The molecule has 0 atom stereocenters. The molecule has 2 aromatic heterocycles. The van der Waals surface area contributed by atoms with E-state index in [1.165, 1.54) is 18.2 Å². The number of hydrogen-bond donors (Lipinski definition) is 1. The van der Waals surface area contributed by atoms with E-state index >= 15 is 0 Å². The number of amides is 1. The van der Waals surface area contributed by atoms with Crippen molar-refractivity contribution in [2.24, 2.45) is 0 Å². The van der Waals surface area contributed by atoms with Crippen molar-refractivity contribution in [3.8, 4) is 22.4 Å². The van der Waals surface area contributed by atoms with E-state index in [9.17, 15) is 13.2 Å². The minimum atomic E-state index is -2.97. The zero-order valence-corrected chi connectivity index (χ0v) is 25.2. The second-order valence-electron chi connectivity index (χ2n) is 12.5. The molecule has 4 heterocycles. The fourth-order valence-electron chi connectivity index (χ4n) is 7.68. The number of fused-ring (bicyclic) bond motifs is 4. The lowest BCUT2D eigenvalue weighted by Gasteiger charge is -2.32. The van der Waals surface area contributed by atoms with Crippen LogP contribution in [0.4, 0.5) is 5.69 Å². The third kappa shape index (κ3) is 4.47. The predicted molar refractivity (Wildman–Crippen MR) is 168 cm³/mol. The van der Waals surface area contributed by atoms with Gasteiger partial charge in [0.15, 0.2) is 0 Å². The predicted octanol–water partition coefficient (Wildman–Crippen LogP) is 6.08. The molecule has 0 unspecified atom stereocenters. The van der Waals surface area contributed by atoms with Gasteiger partial charge in [-0.1, -0.05) is 73.9 Å². The average Bonchev–Trinajstić information content (AvgIpc) is 3.48. The van der Waals surface area contributed by atoms with Crippen LogP contribution in [0.25, 0.3) is 33.4 Å². The van der Waals surface area contributed by atoms with Gasteiger partial charge in [-0.15, -0.1) is 0 Å². The van der Waals surface area contributed by atoms with Gasteiger partial charge in [0, 0.05) is 36.4 Å². The van der Waals surface area contributed by atoms with E-state index in [2.05, 4.69) is 58.4 Å². The van der Waals surface area contributed by atoms with Crippen LogP contribution in [0, 0.1) is 0 Å². The molecule has 4 aromatic rings. The summed E-state index contributed by atoms with van der Waals surface area (Å²) in [6.07, 6.45) is 9.70. The molecule has 1 N–H and O–H groups in total. The minimum absolute atomic E-state index is 0.207. The van der Waals surface area contributed by atoms with E-state index in [0.29, 0.717) is 12.8 Å². The number of anilines is 1. The number of sulfone groups is 1. The molecule has 2 fully saturated rings. The van der Waals surface area contributed by atoms with Gasteiger partial charge in [-0.3, -0.25) is 9.69 Å². The highest BCUT2D eigenvalue weighted by molar-refractivity contribution is 7.91. The Kier molecular flexibility index (Phi) is 6.74. The van der Waals surface area contributed by atoms with Gasteiger partial charge in [0.2, 0.25) is 5.91 Å². The smallest absolute Gasteiger partial charge is 0.237 e. The highest BCUT2D eigenvalue weighted by Crippen LogP contribution is 2.54. The van der Waals surface area contributed by atoms with Crippen molar-refractivity contribution in [1.82, 2.24) is 14.9 Å². The Labute approximate surface area is 247 Å². The molecule has 0 radical (unpaired) electrons. The van der Waals surface area contributed by atoms with Crippen LogP contribution < -0.4 is 4.90 Å². The fraction of sp³-hybridized carbons (Fsp3) is 0.412. The molecule has 0 bridgehead atoms. The van der Waals surface area contributed by atoms with Crippen LogP contribution in [0.15, 0.2) is 60.8 Å². The van der Waals surface area contributed by atoms with Crippen molar-refractivity contribution in [2.75, 3.05) is 31.3 Å². The number of pyridine rings is 1. The molecule has 8 heteroatoms. The number of aromatic amines is 1. The number of nitrogens with zero attached hydrogens (tertiary/aromatic N) is 3. The second-order valence-corrected chi connectivity index (χ2v) is 14.8. The lowest BCUT2D eigenvalue weighted by molar-refractivity contribution is -0.124. The normalized spacial score (nSPS) is 19.6. The summed E-state index contributed by atoms with van der Waals surface area (Å²) < 4.78 is 23.9. The average molecular weight is 583 g/mol. The number of carbonyl (C=O) groups is 1. The number of benzene rings is 2. The van der Waals surface area contributed by atoms with Crippen LogP contribution in [0.5, 0.6) is 0 Å². The zero-order valence-electron chi connectivity index (χ0n) is 24.4. The number of likely N-dealkylation sites (tertiary alicyclic amines) is 1. The van der Waals surface area contributed by atoms with Crippen molar-refractivity contribution < 1.29 is 13.2 Å². The largest absolute Gasteiger partial charge is 0.339 e. The van der Waals surface area contributed by atoms with Crippen LogP contribution in [-0.4, -0.2) is 60.8 Å². The number of rotatable bonds is 5. The molecule has 42 heavy (non-hydrogen) atoms. The molecule has 1 saturated heterocycles. The van der Waals surface area contributed by atoms with E-state index in [1.807, 2.05) is 24.2 Å². The molecule has 1 amide bonds. The Balaban J connectivity index is 1.29. The highest BCUT2D eigenvalue weighted by Gasteiger charge is 2.51. The first kappa shape index (κ1) is 27.3. The van der Waals surface area contributed by atoms with Gasteiger partial charge in [-0.2, -0.15) is 0 Å². The monoisotopic (exact) mass is 582 g/mol. The Morgan fingerprint density at radius 1 is 0.952 bits per heavy atom. The van der Waals surface area contributed by atoms with Gasteiger partial charge in [-0.05, 0) is 55.5 Å². The Morgan fingerprint density at radius 3 is 2.31 bits per heavy atom. The number of hydrogen-bond acceptors (Lipinski definition) is 5. The zero-order chi connectivity index (χ0) is 29.1. The number of likely N-dealkylation sites (N-methyl/N-ethyl adjacent to an activating group) is 1. The summed E-state index contributed by atoms with van der Waals surface area (Å²) in [5.74, 6) is 0.207. The minimum Gasteiger partial charge on any atom is -0.339 e. The number of nitrogens with one attached hydrogen (secondary N) is 1. The maximum absolute atomic E-state index is 13.8. The maximum atomic E-state index is 13.8. The van der Waals surface area contributed by atoms with E-state index in [-0.39, 0.29) is 11.2 Å². The second kappa shape index (κ2) is 10.3. The Morgan fingerprint density at radius 2 is 1.64 bits per heavy atom. The lowest BCUT2D eigenvalue weighted by Crippen LogP contribution is -2.40. The Bertz CT molecular complexity index is 1750. The van der Waals surface area contributed by atoms with E-state index in [1.54, 1.807) is 0 Å². The van der Waals surface area contributed by atoms with E-state index < -0.39 is 15.3 Å². The molecule has 3 aliphatic rings. The molecule has 7 nitrogen and oxygen atoms in total. The third-order valence-electron chi connectivity index (χ3n) is 9.91. The molecule has 1 aliphatic carbocycles. The fourth-order valence-corrected chi connectivity index (χ4v) is 8.75. The number of piperidine rings is 1. The van der Waals surface area contributed by atoms with Gasteiger partial charge in [0.1, 0.15) is 15.5 Å². The molecule has 1 spiro atoms. The summed E-state index contributed by atoms with van der Waals surface area (Å²) >= 11 is 0. The molecular formula is C34H38N4O3S. The van der Waals surface area contributed by atoms with Crippen LogP contribution in [0.2, 0.25) is 0 Å². The molecule has 2 aromatic carbocycles. The first-order chi connectivity index (χ1) is 20.3. The van der Waals surface area contributed by atoms with Crippen molar-refractivity contribution in [3.05, 3.63) is 71.9 Å². The van der Waals surface area contributed by atoms with Gasteiger partial charge >= 0.3 is 0 Å². The van der Waals surface area contributed by atoms with Crippen LogP contribution in [0.3, 0.4) is 0 Å². The van der Waals surface area contributed by atoms with Gasteiger partial charge < -0.3 is 9.88 Å². The first-order valence-electron chi connectivity index (χ1n) is 15.2. The molecule has 2 aliphatic heterocycles. The third-order valence-corrected chi connectivity index (χ3v) is 11.6.